The van der Waals surface area contributed by atoms with Crippen molar-refractivity contribution in [2.45, 2.75) is 26.2 Å². The molecule has 1 fully saturated rings. The minimum atomic E-state index is 0.625. The Kier molecular flexibility index (Phi) is 3.22. The first-order valence-corrected chi connectivity index (χ1v) is 5.76. The molecule has 0 atom stereocenters. The van der Waals surface area contributed by atoms with Crippen LogP contribution in [0.5, 0.6) is 0 Å². The fraction of sp³-hybridized carbons (Fsp3) is 0.429. The molecule has 0 bridgehead atoms. The van der Waals surface area contributed by atoms with E-state index in [0.29, 0.717) is 5.92 Å². The largest absolute Gasteiger partial charge is 0.313 e. The van der Waals surface area contributed by atoms with E-state index in [1.54, 1.807) is 0 Å². The van der Waals surface area contributed by atoms with Crippen molar-refractivity contribution in [3.63, 3.8) is 0 Å². The molecule has 2 rings (SSSR count). The molecule has 1 aromatic carbocycles. The molecule has 0 amide bonds. The Morgan fingerprint density at radius 1 is 1.20 bits per heavy atom. The van der Waals surface area contributed by atoms with Crippen molar-refractivity contribution in [1.29, 1.82) is 0 Å². The molecule has 1 nitrogen and oxygen atoms in total. The summed E-state index contributed by atoms with van der Waals surface area (Å²) >= 11 is 0. The topological polar surface area (TPSA) is 12.0 Å². The Bertz CT molecular complexity index is 338. The Balaban J connectivity index is 2.13. The maximum atomic E-state index is 3.35. The van der Waals surface area contributed by atoms with Gasteiger partial charge in [0.1, 0.15) is 0 Å². The molecule has 1 heterocycles. The van der Waals surface area contributed by atoms with Gasteiger partial charge in [-0.05, 0) is 30.0 Å². The smallest absolute Gasteiger partial charge is 0.0168 e. The van der Waals surface area contributed by atoms with Gasteiger partial charge in [0.2, 0.25) is 0 Å². The number of rotatable bonds is 2. The molecule has 1 N–H and O–H groups in total. The number of hydrogen-bond acceptors (Lipinski definition) is 1. The highest BCUT2D eigenvalue weighted by Crippen LogP contribution is 2.17. The molecule has 0 spiro atoms. The highest BCUT2D eigenvalue weighted by atomic mass is 14.9. The quantitative estimate of drug-likeness (QED) is 0.775. The molecule has 1 aliphatic heterocycles. The van der Waals surface area contributed by atoms with Gasteiger partial charge in [-0.25, -0.2) is 0 Å². The van der Waals surface area contributed by atoms with E-state index in [1.807, 2.05) is 0 Å². The maximum absolute atomic E-state index is 3.35. The summed E-state index contributed by atoms with van der Waals surface area (Å²) in [7, 11) is 0. The predicted molar refractivity (Wildman–Crippen MR) is 66.0 cm³/mol. The second-order valence-corrected chi connectivity index (χ2v) is 4.55. The minimum Gasteiger partial charge on any atom is -0.313 e. The van der Waals surface area contributed by atoms with Gasteiger partial charge in [-0.3, -0.25) is 0 Å². The third-order valence-electron chi connectivity index (χ3n) is 2.95. The first-order valence-electron chi connectivity index (χ1n) is 5.76. The molecular formula is C14H19N. The van der Waals surface area contributed by atoms with Crippen LogP contribution in [-0.2, 0) is 0 Å². The molecule has 80 valence electrons. The molecule has 0 aromatic heterocycles. The van der Waals surface area contributed by atoms with Gasteiger partial charge in [-0.15, -0.1) is 0 Å². The van der Waals surface area contributed by atoms with Crippen LogP contribution in [0.2, 0.25) is 0 Å². The zero-order valence-electron chi connectivity index (χ0n) is 9.59. The van der Waals surface area contributed by atoms with Crippen LogP contribution in [0.4, 0.5) is 0 Å². The van der Waals surface area contributed by atoms with Crippen LogP contribution in [0.15, 0.2) is 29.8 Å². The van der Waals surface area contributed by atoms with Crippen LogP contribution in [0.1, 0.15) is 37.3 Å². The van der Waals surface area contributed by atoms with Crippen LogP contribution in [0.3, 0.4) is 0 Å². The fourth-order valence-corrected chi connectivity index (χ4v) is 1.92. The first kappa shape index (κ1) is 10.4. The van der Waals surface area contributed by atoms with Gasteiger partial charge in [0.15, 0.2) is 0 Å². The van der Waals surface area contributed by atoms with E-state index >= 15 is 0 Å². The van der Waals surface area contributed by atoms with Crippen LogP contribution in [-0.4, -0.2) is 13.1 Å². The van der Waals surface area contributed by atoms with Crippen molar-refractivity contribution < 1.29 is 0 Å². The molecule has 1 saturated heterocycles. The van der Waals surface area contributed by atoms with Gasteiger partial charge >= 0.3 is 0 Å². The second kappa shape index (κ2) is 4.63. The maximum Gasteiger partial charge on any atom is 0.0168 e. The van der Waals surface area contributed by atoms with Crippen LogP contribution in [0, 0.1) is 0 Å². The molecule has 0 unspecified atom stereocenters. The molecule has 1 heteroatoms. The summed E-state index contributed by atoms with van der Waals surface area (Å²) in [6.45, 7) is 6.66. The standard InChI is InChI=1S/C14H19N/c1-11(2)14-5-3-12(4-6-14)9-13-7-8-15-10-13/h3-6,9,11,15H,7-8,10H2,1-2H3. The van der Waals surface area contributed by atoms with Crippen LogP contribution < -0.4 is 5.32 Å². The minimum absolute atomic E-state index is 0.625. The van der Waals surface area contributed by atoms with Crippen LogP contribution in [0.25, 0.3) is 6.08 Å². The predicted octanol–water partition coefficient (Wildman–Crippen LogP) is 3.19. The summed E-state index contributed by atoms with van der Waals surface area (Å²) in [5, 5.41) is 3.35. The van der Waals surface area contributed by atoms with E-state index in [1.165, 1.54) is 23.1 Å². The summed E-state index contributed by atoms with van der Waals surface area (Å²) in [5.41, 5.74) is 4.27. The van der Waals surface area contributed by atoms with Crippen molar-refractivity contribution in [2.24, 2.45) is 0 Å². The average Bonchev–Trinajstić information content (AvgIpc) is 2.71. The first-order chi connectivity index (χ1) is 7.25. The lowest BCUT2D eigenvalue weighted by Crippen LogP contribution is -2.04. The van der Waals surface area contributed by atoms with E-state index in [-0.39, 0.29) is 0 Å². The van der Waals surface area contributed by atoms with Gasteiger partial charge in [0, 0.05) is 6.54 Å². The Morgan fingerprint density at radius 2 is 1.93 bits per heavy atom. The van der Waals surface area contributed by atoms with Gasteiger partial charge in [-0.2, -0.15) is 0 Å². The Labute approximate surface area is 92.2 Å². The highest BCUT2D eigenvalue weighted by Gasteiger charge is 2.05. The van der Waals surface area contributed by atoms with Crippen molar-refractivity contribution in [3.8, 4) is 0 Å². The van der Waals surface area contributed by atoms with Crippen LogP contribution >= 0.6 is 0 Å². The highest BCUT2D eigenvalue weighted by molar-refractivity contribution is 5.54. The van der Waals surface area contributed by atoms with E-state index in [0.717, 1.165) is 13.1 Å². The summed E-state index contributed by atoms with van der Waals surface area (Å²) in [5.74, 6) is 0.625. The van der Waals surface area contributed by atoms with E-state index in [4.69, 9.17) is 0 Å². The number of hydrogen-bond donors (Lipinski definition) is 1. The van der Waals surface area contributed by atoms with E-state index in [2.05, 4.69) is 49.5 Å². The second-order valence-electron chi connectivity index (χ2n) is 4.55. The average molecular weight is 201 g/mol. The zero-order chi connectivity index (χ0) is 10.7. The van der Waals surface area contributed by atoms with Gasteiger partial charge in [-0.1, -0.05) is 49.8 Å². The molecule has 1 aliphatic rings. The zero-order valence-corrected chi connectivity index (χ0v) is 9.59. The van der Waals surface area contributed by atoms with E-state index in [9.17, 15) is 0 Å². The third kappa shape index (κ3) is 2.69. The van der Waals surface area contributed by atoms with Crippen molar-refractivity contribution in [1.82, 2.24) is 5.32 Å². The normalized spacial score (nSPS) is 19.0. The lowest BCUT2D eigenvalue weighted by Gasteiger charge is -2.05. The van der Waals surface area contributed by atoms with Crippen molar-refractivity contribution >= 4 is 6.08 Å². The molecule has 1 aromatic rings. The number of nitrogens with one attached hydrogen (secondary N) is 1. The monoisotopic (exact) mass is 201 g/mol. The third-order valence-corrected chi connectivity index (χ3v) is 2.95. The van der Waals surface area contributed by atoms with Gasteiger partial charge < -0.3 is 5.32 Å². The summed E-state index contributed by atoms with van der Waals surface area (Å²) in [6.07, 6.45) is 3.51. The molecule has 15 heavy (non-hydrogen) atoms. The Hall–Kier alpha value is -1.08. The fourth-order valence-electron chi connectivity index (χ4n) is 1.92. The van der Waals surface area contributed by atoms with E-state index < -0.39 is 0 Å². The molecule has 0 radical (unpaired) electrons. The Morgan fingerprint density at radius 3 is 2.47 bits per heavy atom. The molecule has 0 aliphatic carbocycles. The van der Waals surface area contributed by atoms with Crippen molar-refractivity contribution in [2.75, 3.05) is 13.1 Å². The molecule has 0 saturated carbocycles. The summed E-state index contributed by atoms with van der Waals surface area (Å²) in [6, 6.07) is 8.92. The SMILES string of the molecule is CC(C)c1ccc(C=C2CCNC2)cc1. The summed E-state index contributed by atoms with van der Waals surface area (Å²) in [4.78, 5) is 0. The lowest BCUT2D eigenvalue weighted by atomic mass is 10.0. The van der Waals surface area contributed by atoms with Gasteiger partial charge in [0.05, 0.1) is 0 Å². The molecular weight excluding hydrogens is 182 g/mol. The summed E-state index contributed by atoms with van der Waals surface area (Å²) < 4.78 is 0. The van der Waals surface area contributed by atoms with Crippen molar-refractivity contribution in [3.05, 3.63) is 41.0 Å². The lowest BCUT2D eigenvalue weighted by molar-refractivity contribution is 0.862. The number of benzene rings is 1. The van der Waals surface area contributed by atoms with Gasteiger partial charge in [0.25, 0.3) is 0 Å².